The zero-order chi connectivity index (χ0) is 24.9. The lowest BCUT2D eigenvalue weighted by atomic mass is 9.83. The number of carboxylic acid groups (broad SMARTS) is 1. The van der Waals surface area contributed by atoms with Gasteiger partial charge in [-0.25, -0.2) is 4.79 Å². The van der Waals surface area contributed by atoms with Crippen LogP contribution in [0.1, 0.15) is 63.0 Å². The van der Waals surface area contributed by atoms with Gasteiger partial charge in [0.15, 0.2) is 0 Å². The van der Waals surface area contributed by atoms with Crippen LogP contribution in [-0.4, -0.2) is 53.2 Å². The Labute approximate surface area is 206 Å². The van der Waals surface area contributed by atoms with E-state index in [9.17, 15) is 14.4 Å². The summed E-state index contributed by atoms with van der Waals surface area (Å²) in [7, 11) is 0. The Morgan fingerprint density at radius 1 is 1.00 bits per heavy atom. The van der Waals surface area contributed by atoms with Gasteiger partial charge in [-0.15, -0.1) is 0 Å². The second-order valence-electron chi connectivity index (χ2n) is 9.74. The number of carboxylic acids is 1. The second kappa shape index (κ2) is 10.9. The van der Waals surface area contributed by atoms with Gasteiger partial charge in [-0.05, 0) is 48.9 Å². The summed E-state index contributed by atoms with van der Waals surface area (Å²) in [5.41, 5.74) is 4.65. The first kappa shape index (κ1) is 24.8. The Kier molecular flexibility index (Phi) is 7.73. The van der Waals surface area contributed by atoms with E-state index >= 15 is 0 Å². The quantitative estimate of drug-likeness (QED) is 0.568. The van der Waals surface area contributed by atoms with Crippen LogP contribution in [0.4, 0.5) is 4.79 Å². The smallest absolute Gasteiger partial charge is 0.407 e. The van der Waals surface area contributed by atoms with Gasteiger partial charge in [-0.3, -0.25) is 9.59 Å². The molecule has 0 aromatic heterocycles. The molecule has 2 N–H and O–H groups in total. The highest BCUT2D eigenvalue weighted by Gasteiger charge is 2.36. The number of carbonyl (C=O) groups excluding carboxylic acids is 2. The Morgan fingerprint density at radius 2 is 1.60 bits per heavy atom. The normalized spacial score (nSPS) is 19.1. The Hall–Kier alpha value is -3.35. The lowest BCUT2D eigenvalue weighted by molar-refractivity contribution is -0.141. The largest absolute Gasteiger partial charge is 0.481 e. The van der Waals surface area contributed by atoms with Crippen molar-refractivity contribution in [3.05, 3.63) is 59.7 Å². The fourth-order valence-electron chi connectivity index (χ4n) is 5.44. The van der Waals surface area contributed by atoms with Crippen LogP contribution in [0, 0.1) is 5.92 Å². The predicted molar refractivity (Wildman–Crippen MR) is 133 cm³/mol. The molecular weight excluding hydrogens is 444 g/mol. The highest BCUT2D eigenvalue weighted by molar-refractivity contribution is 5.82. The standard InChI is InChI=1S/C28H34N2O5/c1-18(2)30(16-15-26(31)32)27(33)23-13-7-8-14-25(23)29-28(34)35-17-24-21-11-5-3-9-19(21)20-10-4-6-12-22(20)24/h3-6,9-12,18,23-25H,7-8,13-17H2,1-2H3,(H,29,34)(H,31,32)/t23-,25+/m0/s1. The summed E-state index contributed by atoms with van der Waals surface area (Å²) in [4.78, 5) is 38.8. The topological polar surface area (TPSA) is 95.9 Å². The number of carbonyl (C=O) groups is 3. The van der Waals surface area contributed by atoms with Crippen LogP contribution in [0.2, 0.25) is 0 Å². The van der Waals surface area contributed by atoms with E-state index in [-0.39, 0.29) is 49.4 Å². The molecule has 4 rings (SSSR count). The van der Waals surface area contributed by atoms with E-state index in [0.717, 1.165) is 24.0 Å². The number of benzene rings is 2. The van der Waals surface area contributed by atoms with Gasteiger partial charge in [-0.1, -0.05) is 61.4 Å². The number of alkyl carbamates (subject to hydrolysis) is 1. The molecule has 0 spiro atoms. The molecule has 2 aliphatic carbocycles. The molecule has 2 amide bonds. The lowest BCUT2D eigenvalue weighted by Gasteiger charge is -2.36. The van der Waals surface area contributed by atoms with Crippen molar-refractivity contribution in [1.29, 1.82) is 0 Å². The van der Waals surface area contributed by atoms with Gasteiger partial charge in [0.05, 0.1) is 12.3 Å². The van der Waals surface area contributed by atoms with Crippen LogP contribution in [0.25, 0.3) is 11.1 Å². The molecule has 0 aliphatic heterocycles. The first-order valence-corrected chi connectivity index (χ1v) is 12.5. The van der Waals surface area contributed by atoms with Crippen molar-refractivity contribution in [2.24, 2.45) is 5.92 Å². The van der Waals surface area contributed by atoms with Crippen molar-refractivity contribution in [3.63, 3.8) is 0 Å². The second-order valence-corrected chi connectivity index (χ2v) is 9.74. The van der Waals surface area contributed by atoms with Gasteiger partial charge < -0.3 is 20.1 Å². The van der Waals surface area contributed by atoms with Crippen LogP contribution in [0.5, 0.6) is 0 Å². The van der Waals surface area contributed by atoms with Crippen LogP contribution in [0.3, 0.4) is 0 Å². The third-order valence-electron chi connectivity index (χ3n) is 7.20. The molecule has 1 saturated carbocycles. The molecule has 2 aliphatic rings. The monoisotopic (exact) mass is 478 g/mol. The molecule has 0 radical (unpaired) electrons. The molecule has 0 saturated heterocycles. The number of nitrogens with zero attached hydrogens (tertiary/aromatic N) is 1. The fourth-order valence-corrected chi connectivity index (χ4v) is 5.44. The zero-order valence-electron chi connectivity index (χ0n) is 20.4. The van der Waals surface area contributed by atoms with Crippen molar-refractivity contribution in [2.45, 2.75) is 64.0 Å². The summed E-state index contributed by atoms with van der Waals surface area (Å²) in [5.74, 6) is -1.42. The van der Waals surface area contributed by atoms with E-state index in [1.807, 2.05) is 38.1 Å². The number of aliphatic carboxylic acids is 1. The van der Waals surface area contributed by atoms with Gasteiger partial charge in [0.25, 0.3) is 0 Å². The van der Waals surface area contributed by atoms with Crippen molar-refractivity contribution in [2.75, 3.05) is 13.2 Å². The molecule has 186 valence electrons. The van der Waals surface area contributed by atoms with E-state index < -0.39 is 12.1 Å². The van der Waals surface area contributed by atoms with Crippen molar-refractivity contribution < 1.29 is 24.2 Å². The average Bonchev–Trinajstić information content (AvgIpc) is 3.16. The molecule has 2 atom stereocenters. The maximum atomic E-state index is 13.3. The van der Waals surface area contributed by atoms with Gasteiger partial charge >= 0.3 is 12.1 Å². The number of hydrogen-bond donors (Lipinski definition) is 2. The van der Waals surface area contributed by atoms with Crippen molar-refractivity contribution in [1.82, 2.24) is 10.2 Å². The fraction of sp³-hybridized carbons (Fsp3) is 0.464. The zero-order valence-corrected chi connectivity index (χ0v) is 20.4. The van der Waals surface area contributed by atoms with Crippen LogP contribution in [-0.2, 0) is 14.3 Å². The Morgan fingerprint density at radius 3 is 2.20 bits per heavy atom. The Bertz CT molecular complexity index is 1040. The molecule has 35 heavy (non-hydrogen) atoms. The average molecular weight is 479 g/mol. The first-order chi connectivity index (χ1) is 16.9. The minimum Gasteiger partial charge on any atom is -0.481 e. The summed E-state index contributed by atoms with van der Waals surface area (Å²) in [6.45, 7) is 4.16. The number of nitrogens with one attached hydrogen (secondary N) is 1. The van der Waals surface area contributed by atoms with Crippen LogP contribution in [0.15, 0.2) is 48.5 Å². The SMILES string of the molecule is CC(C)N(CCC(=O)O)C(=O)[C@H]1CCCC[C@H]1NC(=O)OCC1c2ccccc2-c2ccccc21. The molecule has 1 fully saturated rings. The number of rotatable bonds is 8. The maximum Gasteiger partial charge on any atom is 0.407 e. The molecule has 7 nitrogen and oxygen atoms in total. The van der Waals surface area contributed by atoms with Crippen LogP contribution >= 0.6 is 0 Å². The molecule has 7 heteroatoms. The van der Waals surface area contributed by atoms with Gasteiger partial charge in [0.2, 0.25) is 5.91 Å². The minimum atomic E-state index is -0.930. The summed E-state index contributed by atoms with van der Waals surface area (Å²) in [6, 6.07) is 15.9. The van der Waals surface area contributed by atoms with Gasteiger partial charge in [0, 0.05) is 24.5 Å². The predicted octanol–water partition coefficient (Wildman–Crippen LogP) is 4.80. The van der Waals surface area contributed by atoms with Gasteiger partial charge in [0.1, 0.15) is 6.61 Å². The molecular formula is C28H34N2O5. The summed E-state index contributed by atoms with van der Waals surface area (Å²) >= 11 is 0. The maximum absolute atomic E-state index is 13.3. The molecule has 2 aromatic carbocycles. The third-order valence-corrected chi connectivity index (χ3v) is 7.20. The number of hydrogen-bond acceptors (Lipinski definition) is 4. The molecule has 2 aromatic rings. The van der Waals surface area contributed by atoms with E-state index in [1.54, 1.807) is 4.90 Å². The van der Waals surface area contributed by atoms with Crippen molar-refractivity contribution in [3.8, 4) is 11.1 Å². The third kappa shape index (κ3) is 5.50. The summed E-state index contributed by atoms with van der Waals surface area (Å²) < 4.78 is 5.70. The molecule has 0 heterocycles. The highest BCUT2D eigenvalue weighted by atomic mass is 16.5. The number of ether oxygens (including phenoxy) is 1. The number of amides is 2. The van der Waals surface area contributed by atoms with Crippen molar-refractivity contribution >= 4 is 18.0 Å². The van der Waals surface area contributed by atoms with E-state index in [1.165, 1.54) is 11.1 Å². The minimum absolute atomic E-state index is 0.0237. The van der Waals surface area contributed by atoms with E-state index in [4.69, 9.17) is 9.84 Å². The molecule has 0 unspecified atom stereocenters. The number of fused-ring (bicyclic) bond motifs is 3. The Balaban J connectivity index is 1.41. The van der Waals surface area contributed by atoms with E-state index in [0.29, 0.717) is 12.8 Å². The lowest BCUT2D eigenvalue weighted by Crippen LogP contribution is -2.51. The summed E-state index contributed by atoms with van der Waals surface area (Å²) in [6.07, 6.45) is 2.59. The first-order valence-electron chi connectivity index (χ1n) is 12.5. The van der Waals surface area contributed by atoms with Gasteiger partial charge in [-0.2, -0.15) is 0 Å². The van der Waals surface area contributed by atoms with Crippen LogP contribution < -0.4 is 5.32 Å². The summed E-state index contributed by atoms with van der Waals surface area (Å²) in [5, 5.41) is 12.0. The molecule has 0 bridgehead atoms. The highest BCUT2D eigenvalue weighted by Crippen LogP contribution is 2.44. The van der Waals surface area contributed by atoms with E-state index in [2.05, 4.69) is 29.6 Å².